The van der Waals surface area contributed by atoms with E-state index in [0.717, 1.165) is 6.42 Å². The molecule has 1 aliphatic carbocycles. The molecule has 0 spiro atoms. The molecule has 2 unspecified atom stereocenters. The summed E-state index contributed by atoms with van der Waals surface area (Å²) in [6, 6.07) is 0.419. The van der Waals surface area contributed by atoms with Gasteiger partial charge in [-0.3, -0.25) is 4.79 Å². The van der Waals surface area contributed by atoms with Crippen LogP contribution in [0.2, 0.25) is 0 Å². The molecular formula is C8H15NO2. The van der Waals surface area contributed by atoms with Crippen LogP contribution in [0.3, 0.4) is 0 Å². The summed E-state index contributed by atoms with van der Waals surface area (Å²) in [5.74, 6) is 0.682. The van der Waals surface area contributed by atoms with Crippen LogP contribution in [0.5, 0.6) is 0 Å². The highest BCUT2D eigenvalue weighted by Gasteiger charge is 2.33. The Bertz CT molecular complexity index is 147. The fourth-order valence-electron chi connectivity index (χ4n) is 0.966. The van der Waals surface area contributed by atoms with Gasteiger partial charge in [0.2, 0.25) is 5.91 Å². The highest BCUT2D eigenvalue weighted by molar-refractivity contribution is 5.77. The number of hydrogen-bond donors (Lipinski definition) is 1. The summed E-state index contributed by atoms with van der Waals surface area (Å²) < 4.78 is 4.95. The predicted molar refractivity (Wildman–Crippen MR) is 42.2 cm³/mol. The van der Waals surface area contributed by atoms with Gasteiger partial charge in [0.1, 0.15) is 6.61 Å². The summed E-state index contributed by atoms with van der Waals surface area (Å²) in [4.78, 5) is 11.0. The topological polar surface area (TPSA) is 38.3 Å². The van der Waals surface area contributed by atoms with E-state index in [0.29, 0.717) is 18.6 Å². The average Bonchev–Trinajstić information content (AvgIpc) is 2.62. The highest BCUT2D eigenvalue weighted by atomic mass is 16.5. The number of carbonyl (C=O) groups excluding carboxylic acids is 1. The van der Waals surface area contributed by atoms with E-state index in [1.165, 1.54) is 0 Å². The van der Waals surface area contributed by atoms with E-state index < -0.39 is 0 Å². The molecule has 0 aromatic carbocycles. The zero-order valence-electron chi connectivity index (χ0n) is 7.09. The molecule has 1 aliphatic rings. The van der Waals surface area contributed by atoms with Crippen molar-refractivity contribution < 1.29 is 9.53 Å². The second kappa shape index (κ2) is 3.72. The van der Waals surface area contributed by atoms with E-state index >= 15 is 0 Å². The Morgan fingerprint density at radius 2 is 2.36 bits per heavy atom. The first-order chi connectivity index (χ1) is 5.24. The van der Waals surface area contributed by atoms with Crippen LogP contribution in [-0.2, 0) is 9.53 Å². The Labute approximate surface area is 67.1 Å². The van der Waals surface area contributed by atoms with Crippen molar-refractivity contribution in [2.45, 2.75) is 26.3 Å². The van der Waals surface area contributed by atoms with Crippen LogP contribution in [0.15, 0.2) is 0 Å². The van der Waals surface area contributed by atoms with Gasteiger partial charge in [-0.2, -0.15) is 0 Å². The second-order valence-electron chi connectivity index (χ2n) is 3.02. The molecular weight excluding hydrogens is 142 g/mol. The van der Waals surface area contributed by atoms with Crippen LogP contribution in [0, 0.1) is 5.92 Å². The second-order valence-corrected chi connectivity index (χ2v) is 3.02. The lowest BCUT2D eigenvalue weighted by Crippen LogP contribution is -2.30. The van der Waals surface area contributed by atoms with Gasteiger partial charge in [-0.25, -0.2) is 0 Å². The molecule has 64 valence electrons. The van der Waals surface area contributed by atoms with Gasteiger partial charge < -0.3 is 10.1 Å². The van der Waals surface area contributed by atoms with Crippen molar-refractivity contribution in [1.29, 1.82) is 0 Å². The first-order valence-corrected chi connectivity index (χ1v) is 4.11. The van der Waals surface area contributed by atoms with E-state index in [4.69, 9.17) is 4.74 Å². The molecule has 1 N–H and O–H groups in total. The van der Waals surface area contributed by atoms with E-state index in [1.54, 1.807) is 0 Å². The summed E-state index contributed by atoms with van der Waals surface area (Å²) in [7, 11) is 0. The third kappa shape index (κ3) is 2.89. The predicted octanol–water partition coefficient (Wildman–Crippen LogP) is 0.547. The maximum Gasteiger partial charge on any atom is 0.246 e. The van der Waals surface area contributed by atoms with Crippen molar-refractivity contribution >= 4 is 5.91 Å². The van der Waals surface area contributed by atoms with Crippen molar-refractivity contribution in [2.75, 3.05) is 13.2 Å². The number of nitrogens with one attached hydrogen (secondary N) is 1. The van der Waals surface area contributed by atoms with Crippen LogP contribution in [-0.4, -0.2) is 25.2 Å². The first-order valence-electron chi connectivity index (χ1n) is 4.11. The van der Waals surface area contributed by atoms with Crippen molar-refractivity contribution in [3.05, 3.63) is 0 Å². The highest BCUT2D eigenvalue weighted by Crippen LogP contribution is 2.28. The van der Waals surface area contributed by atoms with Crippen LogP contribution in [0.25, 0.3) is 0 Å². The minimum absolute atomic E-state index is 0.0150. The number of amides is 1. The summed E-state index contributed by atoms with van der Waals surface area (Å²) in [6.45, 7) is 4.83. The molecule has 0 heterocycles. The van der Waals surface area contributed by atoms with Crippen LogP contribution < -0.4 is 5.32 Å². The third-order valence-electron chi connectivity index (χ3n) is 1.89. The Morgan fingerprint density at radius 3 is 2.82 bits per heavy atom. The van der Waals surface area contributed by atoms with E-state index in [9.17, 15) is 4.79 Å². The minimum atomic E-state index is 0.0150. The summed E-state index contributed by atoms with van der Waals surface area (Å²) >= 11 is 0. The van der Waals surface area contributed by atoms with Gasteiger partial charge in [0.25, 0.3) is 0 Å². The van der Waals surface area contributed by atoms with Gasteiger partial charge in [0, 0.05) is 12.6 Å². The van der Waals surface area contributed by atoms with Crippen LogP contribution in [0.1, 0.15) is 20.3 Å². The van der Waals surface area contributed by atoms with Crippen LogP contribution >= 0.6 is 0 Å². The van der Waals surface area contributed by atoms with Crippen molar-refractivity contribution in [3.63, 3.8) is 0 Å². The fourth-order valence-corrected chi connectivity index (χ4v) is 0.966. The molecule has 0 aromatic heterocycles. The molecule has 0 radical (unpaired) electrons. The summed E-state index contributed by atoms with van der Waals surface area (Å²) in [5.41, 5.74) is 0. The lowest BCUT2D eigenvalue weighted by Gasteiger charge is -2.02. The normalized spacial score (nSPS) is 28.2. The largest absolute Gasteiger partial charge is 0.372 e. The molecule has 1 saturated carbocycles. The van der Waals surface area contributed by atoms with E-state index in [2.05, 4.69) is 12.2 Å². The molecule has 1 fully saturated rings. The summed E-state index contributed by atoms with van der Waals surface area (Å²) in [6.07, 6.45) is 1.12. The van der Waals surface area contributed by atoms with Gasteiger partial charge in [-0.15, -0.1) is 0 Å². The molecule has 2 atom stereocenters. The van der Waals surface area contributed by atoms with E-state index in [-0.39, 0.29) is 12.5 Å². The maximum atomic E-state index is 11.0. The van der Waals surface area contributed by atoms with Crippen LogP contribution in [0.4, 0.5) is 0 Å². The molecule has 0 aromatic rings. The Kier molecular flexibility index (Phi) is 2.88. The van der Waals surface area contributed by atoms with Crippen molar-refractivity contribution in [1.82, 2.24) is 5.32 Å². The number of ether oxygens (including phenoxy) is 1. The minimum Gasteiger partial charge on any atom is -0.372 e. The Hall–Kier alpha value is -0.570. The summed E-state index contributed by atoms with van der Waals surface area (Å²) in [5, 5.41) is 2.87. The molecule has 3 nitrogen and oxygen atoms in total. The third-order valence-corrected chi connectivity index (χ3v) is 1.89. The number of carbonyl (C=O) groups is 1. The molecule has 0 saturated heterocycles. The fraction of sp³-hybridized carbons (Fsp3) is 0.875. The lowest BCUT2D eigenvalue weighted by atomic mass is 10.5. The Morgan fingerprint density at radius 1 is 1.73 bits per heavy atom. The van der Waals surface area contributed by atoms with Gasteiger partial charge in [0.15, 0.2) is 0 Å². The molecule has 0 bridgehead atoms. The zero-order valence-corrected chi connectivity index (χ0v) is 7.09. The van der Waals surface area contributed by atoms with Crippen molar-refractivity contribution in [3.8, 4) is 0 Å². The average molecular weight is 157 g/mol. The van der Waals surface area contributed by atoms with Gasteiger partial charge >= 0.3 is 0 Å². The van der Waals surface area contributed by atoms with E-state index in [1.807, 2.05) is 6.92 Å². The smallest absolute Gasteiger partial charge is 0.246 e. The zero-order chi connectivity index (χ0) is 8.27. The molecule has 11 heavy (non-hydrogen) atoms. The lowest BCUT2D eigenvalue weighted by molar-refractivity contribution is -0.125. The maximum absolute atomic E-state index is 11.0. The molecule has 3 heteroatoms. The number of rotatable bonds is 4. The van der Waals surface area contributed by atoms with Gasteiger partial charge in [-0.1, -0.05) is 6.92 Å². The van der Waals surface area contributed by atoms with Gasteiger partial charge in [0.05, 0.1) is 0 Å². The number of hydrogen-bond acceptors (Lipinski definition) is 2. The Balaban J connectivity index is 2.02. The molecule has 0 aliphatic heterocycles. The molecule has 1 rings (SSSR count). The standard InChI is InChI=1S/C8H15NO2/c1-3-11-5-8(10)9-7-4-6(7)2/h6-7H,3-5H2,1-2H3,(H,9,10). The first kappa shape index (κ1) is 8.53. The monoisotopic (exact) mass is 157 g/mol. The SMILES string of the molecule is CCOCC(=O)NC1CC1C. The van der Waals surface area contributed by atoms with Crippen molar-refractivity contribution in [2.24, 2.45) is 5.92 Å². The quantitative estimate of drug-likeness (QED) is 0.647. The van der Waals surface area contributed by atoms with Gasteiger partial charge in [-0.05, 0) is 19.3 Å². The molecule has 1 amide bonds.